The number of aryl methyl sites for hydroxylation is 1. The fourth-order valence-corrected chi connectivity index (χ4v) is 9.16. The second kappa shape index (κ2) is 13.4. The van der Waals surface area contributed by atoms with Gasteiger partial charge in [-0.25, -0.2) is 0 Å². The molecule has 4 aromatic rings. The number of benzene rings is 4. The van der Waals surface area contributed by atoms with E-state index in [1.165, 1.54) is 86.1 Å². The molecule has 2 atom stereocenters. The van der Waals surface area contributed by atoms with Gasteiger partial charge in [0, 0.05) is 27.8 Å². The van der Waals surface area contributed by atoms with Gasteiger partial charge in [0.15, 0.2) is 17.3 Å². The molecule has 0 heterocycles. The summed E-state index contributed by atoms with van der Waals surface area (Å²) in [5.41, 5.74) is 5.07. The van der Waals surface area contributed by atoms with Crippen molar-refractivity contribution in [3.8, 4) is 0 Å². The number of carbonyl (C=O) groups is 3. The van der Waals surface area contributed by atoms with E-state index in [9.17, 15) is 14.4 Å². The van der Waals surface area contributed by atoms with Crippen LogP contribution in [0.1, 0.15) is 148 Å². The first-order chi connectivity index (χ1) is 22.5. The van der Waals surface area contributed by atoms with Crippen LogP contribution in [0.2, 0.25) is 0 Å². The van der Waals surface area contributed by atoms with Crippen LogP contribution in [0.25, 0.3) is 37.9 Å². The van der Waals surface area contributed by atoms with Gasteiger partial charge in [0.05, 0.1) is 5.92 Å². The van der Waals surface area contributed by atoms with E-state index in [2.05, 4.69) is 44.2 Å². The molecule has 4 aromatic carbocycles. The summed E-state index contributed by atoms with van der Waals surface area (Å²) in [6.07, 6.45) is 19.7. The van der Waals surface area contributed by atoms with E-state index in [0.717, 1.165) is 82.0 Å². The maximum atomic E-state index is 13.9. The molecule has 3 nitrogen and oxygen atoms in total. The Morgan fingerprint density at radius 2 is 1.15 bits per heavy atom. The number of hydrogen-bond acceptors (Lipinski definition) is 3. The minimum absolute atomic E-state index is 0.0248. The third-order valence-electron chi connectivity index (χ3n) is 11.6. The second-order valence-corrected chi connectivity index (χ2v) is 14.6. The summed E-state index contributed by atoms with van der Waals surface area (Å²) in [4.78, 5) is 41.7. The van der Waals surface area contributed by atoms with Gasteiger partial charge in [-0.1, -0.05) is 134 Å². The summed E-state index contributed by atoms with van der Waals surface area (Å²) in [5.74, 6) is -0.0269. The van der Waals surface area contributed by atoms with E-state index in [1.807, 2.05) is 6.07 Å². The van der Waals surface area contributed by atoms with E-state index < -0.39 is 5.92 Å². The molecule has 3 aliphatic carbocycles. The highest BCUT2D eigenvalue weighted by Crippen LogP contribution is 2.45. The van der Waals surface area contributed by atoms with Crippen molar-refractivity contribution in [1.82, 2.24) is 0 Å². The van der Waals surface area contributed by atoms with Gasteiger partial charge in [0.2, 0.25) is 0 Å². The Labute approximate surface area is 274 Å². The Hall–Kier alpha value is -3.33. The van der Waals surface area contributed by atoms with Crippen LogP contribution < -0.4 is 5.22 Å². The lowest BCUT2D eigenvalue weighted by Gasteiger charge is -2.30. The van der Waals surface area contributed by atoms with Crippen molar-refractivity contribution in [2.45, 2.75) is 129 Å². The van der Waals surface area contributed by atoms with Crippen molar-refractivity contribution >= 4 is 55.2 Å². The maximum Gasteiger partial charge on any atom is 0.174 e. The number of ketones is 3. The van der Waals surface area contributed by atoms with Gasteiger partial charge in [0.25, 0.3) is 0 Å². The lowest BCUT2D eigenvalue weighted by molar-refractivity contribution is -0.116. The van der Waals surface area contributed by atoms with Crippen LogP contribution in [-0.2, 0) is 17.6 Å². The number of rotatable bonds is 15. The van der Waals surface area contributed by atoms with E-state index in [-0.39, 0.29) is 17.5 Å². The molecule has 0 aliphatic heterocycles. The van der Waals surface area contributed by atoms with Crippen LogP contribution in [0.5, 0.6) is 0 Å². The van der Waals surface area contributed by atoms with E-state index >= 15 is 0 Å². The van der Waals surface area contributed by atoms with Gasteiger partial charge in [-0.05, 0) is 75.5 Å². The number of hydrogen-bond donors (Lipinski definition) is 0. The number of unbranched alkanes of at least 4 members (excludes halogenated alkanes) is 11. The van der Waals surface area contributed by atoms with Crippen molar-refractivity contribution < 1.29 is 14.4 Å². The van der Waals surface area contributed by atoms with Crippen LogP contribution in [0.3, 0.4) is 0 Å². The monoisotopic (exact) mass is 614 g/mol. The second-order valence-electron chi connectivity index (χ2n) is 14.6. The quantitative estimate of drug-likeness (QED) is 0.0579. The molecule has 0 bridgehead atoms. The molecular weight excluding hydrogens is 564 g/mol. The Bertz CT molecular complexity index is 1890. The standard InChI is InChI=1S/C43H50O3/c1-3-5-7-9-11-13-15-17-36-42(45)34-24-21-31-29-19-18-27-26-28(16-14-12-10-8-6-4-2)41(44)33-23-20-30(38(29)37(27)33)32-22-25-35(43(36)46)40(34)39(31)32/h18-21,23-24,28,36H,3-17,22,25-26H2,1-2H3. The molecule has 0 saturated carbocycles. The largest absolute Gasteiger partial charge is 0.294 e. The maximum absolute atomic E-state index is 13.9. The summed E-state index contributed by atoms with van der Waals surface area (Å²) >= 11 is 0. The average Bonchev–Trinajstić information content (AvgIpc) is 3.07. The Kier molecular flexibility index (Phi) is 9.12. The number of carbonyl (C=O) groups excluding carboxylic acids is 3. The van der Waals surface area contributed by atoms with Crippen molar-refractivity contribution in [2.75, 3.05) is 0 Å². The number of Topliss-reactive ketones (excluding diaryl/α,β-unsaturated/α-hetero) is 3. The highest BCUT2D eigenvalue weighted by Gasteiger charge is 2.38. The smallest absolute Gasteiger partial charge is 0.174 e. The van der Waals surface area contributed by atoms with Gasteiger partial charge in [-0.3, -0.25) is 14.4 Å². The van der Waals surface area contributed by atoms with E-state index in [1.54, 1.807) is 0 Å². The fourth-order valence-electron chi connectivity index (χ4n) is 9.16. The highest BCUT2D eigenvalue weighted by atomic mass is 16.2. The third-order valence-corrected chi connectivity index (χ3v) is 11.6. The summed E-state index contributed by atoms with van der Waals surface area (Å²) in [7, 11) is 0. The normalized spacial score (nSPS) is 18.9. The average molecular weight is 615 g/mol. The Morgan fingerprint density at radius 3 is 1.89 bits per heavy atom. The summed E-state index contributed by atoms with van der Waals surface area (Å²) < 4.78 is 0. The SMILES string of the molecule is CCCCCCCCCC1C(=O)C2=c3c(ccc4c3c(c3ccc5c6c(ccc4c36)CC(CCCCCCCC)C5=O)CC2)C1=O. The molecule has 0 spiro atoms. The van der Waals surface area contributed by atoms with Gasteiger partial charge < -0.3 is 0 Å². The minimum Gasteiger partial charge on any atom is -0.294 e. The number of fused-ring (bicyclic) bond motifs is 2. The summed E-state index contributed by atoms with van der Waals surface area (Å²) in [6, 6.07) is 12.9. The summed E-state index contributed by atoms with van der Waals surface area (Å²) in [6.45, 7) is 4.48. The lowest BCUT2D eigenvalue weighted by Crippen LogP contribution is -2.39. The van der Waals surface area contributed by atoms with Crippen molar-refractivity contribution in [3.05, 3.63) is 63.9 Å². The Morgan fingerprint density at radius 1 is 0.543 bits per heavy atom. The third kappa shape index (κ3) is 5.32. The molecule has 0 N–H and O–H groups in total. The first-order valence-corrected chi connectivity index (χ1v) is 18.7. The molecule has 46 heavy (non-hydrogen) atoms. The van der Waals surface area contributed by atoms with Gasteiger partial charge in [-0.2, -0.15) is 0 Å². The predicted molar refractivity (Wildman–Crippen MR) is 191 cm³/mol. The first-order valence-electron chi connectivity index (χ1n) is 18.7. The molecule has 0 aromatic heterocycles. The van der Waals surface area contributed by atoms with E-state index in [0.29, 0.717) is 18.6 Å². The molecule has 0 saturated heterocycles. The predicted octanol–water partition coefficient (Wildman–Crippen LogP) is 10.6. The fraction of sp³-hybridized carbons (Fsp3) is 0.512. The van der Waals surface area contributed by atoms with E-state index in [4.69, 9.17) is 0 Å². The molecule has 0 radical (unpaired) electrons. The zero-order chi connectivity index (χ0) is 31.8. The van der Waals surface area contributed by atoms with Crippen LogP contribution in [0, 0.1) is 11.8 Å². The lowest BCUT2D eigenvalue weighted by atomic mass is 9.72. The molecule has 2 unspecified atom stereocenters. The van der Waals surface area contributed by atoms with Gasteiger partial charge in [-0.15, -0.1) is 0 Å². The molecule has 3 aliphatic rings. The summed E-state index contributed by atoms with van der Waals surface area (Å²) in [5, 5.41) is 7.83. The van der Waals surface area contributed by atoms with Crippen LogP contribution >= 0.6 is 0 Å². The minimum atomic E-state index is -0.518. The molecule has 7 rings (SSSR count). The molecule has 3 heteroatoms. The molecule has 0 amide bonds. The topological polar surface area (TPSA) is 51.2 Å². The zero-order valence-corrected chi connectivity index (χ0v) is 28.1. The van der Waals surface area contributed by atoms with Gasteiger partial charge >= 0.3 is 0 Å². The van der Waals surface area contributed by atoms with Gasteiger partial charge in [0.1, 0.15) is 0 Å². The van der Waals surface area contributed by atoms with Crippen LogP contribution in [-0.4, -0.2) is 17.3 Å². The first kappa shape index (κ1) is 31.3. The Balaban J connectivity index is 1.22. The van der Waals surface area contributed by atoms with Crippen molar-refractivity contribution in [3.63, 3.8) is 0 Å². The van der Waals surface area contributed by atoms with Crippen LogP contribution in [0.4, 0.5) is 0 Å². The molecule has 0 fully saturated rings. The van der Waals surface area contributed by atoms with Crippen molar-refractivity contribution in [1.29, 1.82) is 0 Å². The highest BCUT2D eigenvalue weighted by molar-refractivity contribution is 6.34. The molecular formula is C43H50O3. The zero-order valence-electron chi connectivity index (χ0n) is 28.1. The molecule has 240 valence electrons. The van der Waals surface area contributed by atoms with Crippen LogP contribution in [0.15, 0.2) is 36.4 Å². The van der Waals surface area contributed by atoms with Crippen molar-refractivity contribution in [2.24, 2.45) is 11.8 Å².